The molecule has 186 valence electrons. The van der Waals surface area contributed by atoms with Crippen LogP contribution in [0.2, 0.25) is 0 Å². The normalized spacial score (nSPS) is 13.8. The number of nitrogens with one attached hydrogen (secondary N) is 2. The minimum Gasteiger partial charge on any atom is -0.378 e. The largest absolute Gasteiger partial charge is 0.378 e. The molecule has 0 aromatic heterocycles. The van der Waals surface area contributed by atoms with Crippen LogP contribution in [0.3, 0.4) is 0 Å². The first-order valence-corrected chi connectivity index (χ1v) is 11.7. The second-order valence-electron chi connectivity index (χ2n) is 8.93. The smallest absolute Gasteiger partial charge is 0.313 e. The molecule has 9 heteroatoms. The summed E-state index contributed by atoms with van der Waals surface area (Å²) >= 11 is 0. The summed E-state index contributed by atoms with van der Waals surface area (Å²) in [4.78, 5) is 40.1. The molecule has 0 saturated carbocycles. The van der Waals surface area contributed by atoms with Crippen molar-refractivity contribution in [1.29, 1.82) is 0 Å². The molecule has 3 aromatic rings. The summed E-state index contributed by atoms with van der Waals surface area (Å²) in [6.45, 7) is 1.76. The zero-order chi connectivity index (χ0) is 25.7. The van der Waals surface area contributed by atoms with E-state index >= 15 is 0 Å². The number of rotatable bonds is 7. The monoisotopic (exact) mass is 487 g/mol. The van der Waals surface area contributed by atoms with E-state index in [1.807, 2.05) is 55.4 Å². The second-order valence-corrected chi connectivity index (χ2v) is 8.93. The number of anilines is 2. The zero-order valence-electron chi connectivity index (χ0n) is 20.3. The Morgan fingerprint density at radius 3 is 2.33 bits per heavy atom. The standard InChI is InChI=1S/C27H29N5O4/c1-30(2)22-13-11-20(12-14-22)25(31-16-15-19-7-3-4-8-21(19)18-31)17-28-26(33)27(34)29-23-9-5-6-10-24(23)32(35)36/h3-14,25H,15-18H2,1-2H3,(H,28,33)(H,29,34)/t25-/m0/s1. The van der Waals surface area contributed by atoms with Gasteiger partial charge in [-0.25, -0.2) is 0 Å². The number of hydrogen-bond acceptors (Lipinski definition) is 6. The Morgan fingerprint density at radius 2 is 1.64 bits per heavy atom. The van der Waals surface area contributed by atoms with E-state index in [2.05, 4.69) is 27.7 Å². The molecule has 2 amide bonds. The third kappa shape index (κ3) is 5.69. The Balaban J connectivity index is 1.50. The summed E-state index contributed by atoms with van der Waals surface area (Å²) in [6, 6.07) is 22.0. The number of hydrogen-bond donors (Lipinski definition) is 2. The van der Waals surface area contributed by atoms with Gasteiger partial charge in [0.2, 0.25) is 0 Å². The van der Waals surface area contributed by atoms with E-state index in [1.54, 1.807) is 6.07 Å². The third-order valence-corrected chi connectivity index (χ3v) is 6.41. The van der Waals surface area contributed by atoms with Crippen molar-refractivity contribution in [2.24, 2.45) is 0 Å². The Hall–Kier alpha value is -4.24. The highest BCUT2D eigenvalue weighted by Crippen LogP contribution is 2.29. The Bertz CT molecular complexity index is 1260. The van der Waals surface area contributed by atoms with Crippen molar-refractivity contribution in [2.45, 2.75) is 19.0 Å². The van der Waals surface area contributed by atoms with E-state index < -0.39 is 16.7 Å². The van der Waals surface area contributed by atoms with Crippen LogP contribution in [0.25, 0.3) is 0 Å². The van der Waals surface area contributed by atoms with Gasteiger partial charge in [0, 0.05) is 45.5 Å². The maximum absolute atomic E-state index is 12.7. The number of carbonyl (C=O) groups is 2. The summed E-state index contributed by atoms with van der Waals surface area (Å²) < 4.78 is 0. The molecule has 4 rings (SSSR count). The SMILES string of the molecule is CN(C)c1ccc([C@H](CNC(=O)C(=O)Nc2ccccc2[N+](=O)[O-])N2CCc3ccccc3C2)cc1. The van der Waals surface area contributed by atoms with Gasteiger partial charge in [0.15, 0.2) is 0 Å². The lowest BCUT2D eigenvalue weighted by Gasteiger charge is -2.36. The highest BCUT2D eigenvalue weighted by atomic mass is 16.6. The first kappa shape index (κ1) is 24.9. The zero-order valence-corrected chi connectivity index (χ0v) is 20.3. The molecule has 1 atom stereocenters. The van der Waals surface area contributed by atoms with Crippen molar-refractivity contribution >= 4 is 28.9 Å². The van der Waals surface area contributed by atoms with Gasteiger partial charge >= 0.3 is 11.8 Å². The lowest BCUT2D eigenvalue weighted by molar-refractivity contribution is -0.383. The van der Waals surface area contributed by atoms with Gasteiger partial charge in [-0.3, -0.25) is 24.6 Å². The predicted octanol–water partition coefficient (Wildman–Crippen LogP) is 3.52. The van der Waals surface area contributed by atoms with Crippen LogP contribution in [0.1, 0.15) is 22.7 Å². The van der Waals surface area contributed by atoms with Crippen molar-refractivity contribution in [3.8, 4) is 0 Å². The average molecular weight is 488 g/mol. The molecule has 0 aliphatic carbocycles. The van der Waals surface area contributed by atoms with Crippen LogP contribution in [-0.4, -0.2) is 48.8 Å². The Morgan fingerprint density at radius 1 is 0.972 bits per heavy atom. The molecular formula is C27H29N5O4. The lowest BCUT2D eigenvalue weighted by atomic mass is 9.96. The van der Waals surface area contributed by atoms with Gasteiger partial charge in [-0.1, -0.05) is 48.5 Å². The maximum atomic E-state index is 12.7. The molecule has 36 heavy (non-hydrogen) atoms. The van der Waals surface area contributed by atoms with Crippen LogP contribution in [0.5, 0.6) is 0 Å². The van der Waals surface area contributed by atoms with Gasteiger partial charge in [0.1, 0.15) is 5.69 Å². The summed E-state index contributed by atoms with van der Waals surface area (Å²) in [6.07, 6.45) is 0.897. The fourth-order valence-electron chi connectivity index (χ4n) is 4.42. The summed E-state index contributed by atoms with van der Waals surface area (Å²) in [7, 11) is 3.95. The van der Waals surface area contributed by atoms with Gasteiger partial charge in [0.05, 0.1) is 11.0 Å². The first-order chi connectivity index (χ1) is 17.3. The quantitative estimate of drug-likeness (QED) is 0.300. The van der Waals surface area contributed by atoms with E-state index in [4.69, 9.17) is 0 Å². The highest BCUT2D eigenvalue weighted by Gasteiger charge is 2.27. The van der Waals surface area contributed by atoms with Crippen LogP contribution in [0.4, 0.5) is 17.1 Å². The highest BCUT2D eigenvalue weighted by molar-refractivity contribution is 6.39. The maximum Gasteiger partial charge on any atom is 0.313 e. The predicted molar refractivity (Wildman–Crippen MR) is 139 cm³/mol. The molecule has 1 heterocycles. The molecule has 1 aliphatic rings. The number of carbonyl (C=O) groups excluding carboxylic acids is 2. The molecule has 9 nitrogen and oxygen atoms in total. The van der Waals surface area contributed by atoms with Crippen LogP contribution in [0.15, 0.2) is 72.8 Å². The van der Waals surface area contributed by atoms with Crippen molar-refractivity contribution in [3.63, 3.8) is 0 Å². The Kier molecular flexibility index (Phi) is 7.60. The van der Waals surface area contributed by atoms with E-state index in [0.717, 1.165) is 30.8 Å². The number of nitro benzene ring substituents is 1. The lowest BCUT2D eigenvalue weighted by Crippen LogP contribution is -2.43. The van der Waals surface area contributed by atoms with Crippen molar-refractivity contribution in [2.75, 3.05) is 37.4 Å². The van der Waals surface area contributed by atoms with Crippen molar-refractivity contribution in [3.05, 3.63) is 99.6 Å². The summed E-state index contributed by atoms with van der Waals surface area (Å²) in [5.74, 6) is -1.80. The topological polar surface area (TPSA) is 108 Å². The number of nitro groups is 1. The molecule has 0 radical (unpaired) electrons. The van der Waals surface area contributed by atoms with Gasteiger partial charge in [-0.2, -0.15) is 0 Å². The molecular weight excluding hydrogens is 458 g/mol. The van der Waals surface area contributed by atoms with Gasteiger partial charge in [-0.05, 0) is 41.3 Å². The summed E-state index contributed by atoms with van der Waals surface area (Å²) in [5, 5.41) is 16.3. The molecule has 2 N–H and O–H groups in total. The van der Waals surface area contributed by atoms with Crippen molar-refractivity contribution in [1.82, 2.24) is 10.2 Å². The van der Waals surface area contributed by atoms with Crippen LogP contribution in [-0.2, 0) is 22.6 Å². The summed E-state index contributed by atoms with van der Waals surface area (Å²) in [5.41, 5.74) is 4.37. The number of benzene rings is 3. The van der Waals surface area contributed by atoms with Crippen molar-refractivity contribution < 1.29 is 14.5 Å². The van der Waals surface area contributed by atoms with Crippen LogP contribution < -0.4 is 15.5 Å². The van der Waals surface area contributed by atoms with E-state index in [9.17, 15) is 19.7 Å². The van der Waals surface area contributed by atoms with E-state index in [1.165, 1.54) is 29.3 Å². The molecule has 0 bridgehead atoms. The van der Waals surface area contributed by atoms with E-state index in [-0.39, 0.29) is 24.0 Å². The Labute approximate surface area is 209 Å². The molecule has 0 fully saturated rings. The number of nitrogens with zero attached hydrogens (tertiary/aromatic N) is 3. The molecule has 0 saturated heterocycles. The second kappa shape index (κ2) is 11.0. The van der Waals surface area contributed by atoms with Gasteiger partial charge < -0.3 is 15.5 Å². The van der Waals surface area contributed by atoms with Gasteiger partial charge in [-0.15, -0.1) is 0 Å². The fourth-order valence-corrected chi connectivity index (χ4v) is 4.42. The average Bonchev–Trinajstić information content (AvgIpc) is 2.89. The molecule has 0 unspecified atom stereocenters. The number of para-hydroxylation sites is 2. The first-order valence-electron chi connectivity index (χ1n) is 11.7. The van der Waals surface area contributed by atoms with E-state index in [0.29, 0.717) is 0 Å². The molecule has 3 aromatic carbocycles. The molecule has 1 aliphatic heterocycles. The van der Waals surface area contributed by atoms with Crippen LogP contribution >= 0.6 is 0 Å². The number of amides is 2. The van der Waals surface area contributed by atoms with Gasteiger partial charge in [0.25, 0.3) is 5.69 Å². The molecule has 0 spiro atoms. The third-order valence-electron chi connectivity index (χ3n) is 6.41. The van der Waals surface area contributed by atoms with Crippen LogP contribution in [0, 0.1) is 10.1 Å². The number of fused-ring (bicyclic) bond motifs is 1. The minimum absolute atomic E-state index is 0.0221. The minimum atomic E-state index is -0.949. The fraction of sp³-hybridized carbons (Fsp3) is 0.259.